The molecule has 0 atom stereocenters. The summed E-state index contributed by atoms with van der Waals surface area (Å²) in [6, 6.07) is 0. The van der Waals surface area contributed by atoms with E-state index >= 15 is 0 Å². The fourth-order valence-corrected chi connectivity index (χ4v) is 2.12. The summed E-state index contributed by atoms with van der Waals surface area (Å²) in [6.07, 6.45) is 3.52. The predicted octanol–water partition coefficient (Wildman–Crippen LogP) is 1.08. The Bertz CT molecular complexity index is 499. The molecule has 0 aliphatic heterocycles. The van der Waals surface area contributed by atoms with Crippen LogP contribution in [-0.4, -0.2) is 38.9 Å². The van der Waals surface area contributed by atoms with Gasteiger partial charge in [-0.25, -0.2) is 0 Å². The molecule has 8 heteroatoms. The number of aliphatic hydroxyl groups is 1. The van der Waals surface area contributed by atoms with Crippen LogP contribution in [0.1, 0.15) is 37.1 Å². The molecule has 0 saturated heterocycles. The first-order valence-corrected chi connectivity index (χ1v) is 7.03. The molecular formula is C13H22N4O4. The second-order valence-electron chi connectivity index (χ2n) is 4.92. The van der Waals surface area contributed by atoms with E-state index in [1.807, 2.05) is 0 Å². The Morgan fingerprint density at radius 1 is 1.33 bits per heavy atom. The van der Waals surface area contributed by atoms with Crippen LogP contribution in [0.5, 0.6) is 0 Å². The third-order valence-corrected chi connectivity index (χ3v) is 3.23. The second kappa shape index (κ2) is 8.35. The minimum Gasteiger partial charge on any atom is -0.396 e. The Hall–Kier alpha value is -1.96. The van der Waals surface area contributed by atoms with E-state index in [0.717, 1.165) is 25.7 Å². The van der Waals surface area contributed by atoms with Gasteiger partial charge in [-0.05, 0) is 26.7 Å². The van der Waals surface area contributed by atoms with Crippen LogP contribution in [0.15, 0.2) is 0 Å². The molecule has 1 heterocycles. The van der Waals surface area contributed by atoms with Gasteiger partial charge >= 0.3 is 5.69 Å². The Balaban J connectivity index is 2.42. The molecule has 0 spiro atoms. The molecule has 8 nitrogen and oxygen atoms in total. The number of unbranched alkanes of at least 4 members (excludes halogenated alkanes) is 3. The van der Waals surface area contributed by atoms with Crippen molar-refractivity contribution >= 4 is 11.6 Å². The normalized spacial score (nSPS) is 10.6. The molecule has 0 aromatic carbocycles. The number of aliphatic hydroxyl groups excluding tert-OH is 1. The number of carbonyl (C=O) groups excluding carboxylic acids is 1. The van der Waals surface area contributed by atoms with Crippen molar-refractivity contribution in [3.63, 3.8) is 0 Å². The van der Waals surface area contributed by atoms with Gasteiger partial charge in [-0.2, -0.15) is 5.10 Å². The molecule has 21 heavy (non-hydrogen) atoms. The Labute approximate surface area is 123 Å². The molecular weight excluding hydrogens is 276 g/mol. The summed E-state index contributed by atoms with van der Waals surface area (Å²) < 4.78 is 1.36. The summed E-state index contributed by atoms with van der Waals surface area (Å²) in [5.74, 6) is -0.211. The van der Waals surface area contributed by atoms with Crippen LogP contribution in [0.4, 0.5) is 5.69 Å². The van der Waals surface area contributed by atoms with E-state index in [1.165, 1.54) is 4.68 Å². The van der Waals surface area contributed by atoms with Gasteiger partial charge in [0, 0.05) is 13.2 Å². The third-order valence-electron chi connectivity index (χ3n) is 3.23. The van der Waals surface area contributed by atoms with E-state index in [9.17, 15) is 14.9 Å². The Morgan fingerprint density at radius 2 is 2.00 bits per heavy atom. The maximum atomic E-state index is 11.8. The van der Waals surface area contributed by atoms with Crippen molar-refractivity contribution in [2.75, 3.05) is 13.2 Å². The highest BCUT2D eigenvalue weighted by Crippen LogP contribution is 2.21. The van der Waals surface area contributed by atoms with Crippen LogP contribution in [0.3, 0.4) is 0 Å². The zero-order valence-corrected chi connectivity index (χ0v) is 12.5. The highest BCUT2D eigenvalue weighted by molar-refractivity contribution is 5.75. The lowest BCUT2D eigenvalue weighted by atomic mass is 10.2. The summed E-state index contributed by atoms with van der Waals surface area (Å²) in [7, 11) is 0. The van der Waals surface area contributed by atoms with Crippen LogP contribution in [-0.2, 0) is 11.3 Å². The zero-order valence-electron chi connectivity index (χ0n) is 12.5. The van der Waals surface area contributed by atoms with Gasteiger partial charge in [0.25, 0.3) is 0 Å². The molecule has 1 aromatic rings. The van der Waals surface area contributed by atoms with Crippen molar-refractivity contribution in [1.29, 1.82) is 0 Å². The maximum absolute atomic E-state index is 11.8. The third kappa shape index (κ3) is 5.14. The van der Waals surface area contributed by atoms with Gasteiger partial charge in [-0.1, -0.05) is 12.8 Å². The van der Waals surface area contributed by atoms with E-state index in [-0.39, 0.29) is 24.7 Å². The van der Waals surface area contributed by atoms with Crippen LogP contribution in [0.2, 0.25) is 0 Å². The highest BCUT2D eigenvalue weighted by Gasteiger charge is 2.22. The molecule has 0 saturated carbocycles. The first-order chi connectivity index (χ1) is 9.97. The smallest absolute Gasteiger partial charge is 0.312 e. The van der Waals surface area contributed by atoms with Gasteiger partial charge in [0.05, 0.1) is 4.92 Å². The summed E-state index contributed by atoms with van der Waals surface area (Å²) in [5, 5.41) is 26.3. The van der Waals surface area contributed by atoms with Gasteiger partial charge in [0.2, 0.25) is 5.91 Å². The van der Waals surface area contributed by atoms with Gasteiger partial charge in [-0.15, -0.1) is 0 Å². The van der Waals surface area contributed by atoms with Crippen molar-refractivity contribution in [2.45, 2.75) is 46.1 Å². The van der Waals surface area contributed by atoms with E-state index in [1.54, 1.807) is 13.8 Å². The molecule has 0 aliphatic carbocycles. The summed E-state index contributed by atoms with van der Waals surface area (Å²) in [5.41, 5.74) is 0.664. The van der Waals surface area contributed by atoms with Gasteiger partial charge in [0.1, 0.15) is 17.9 Å². The molecule has 118 valence electrons. The number of hydrogen-bond donors (Lipinski definition) is 2. The van der Waals surface area contributed by atoms with Crippen LogP contribution >= 0.6 is 0 Å². The molecule has 1 aromatic heterocycles. The van der Waals surface area contributed by atoms with Crippen molar-refractivity contribution in [3.8, 4) is 0 Å². The average Bonchev–Trinajstić information content (AvgIpc) is 2.68. The number of aryl methyl sites for hydroxylation is 1. The van der Waals surface area contributed by atoms with Crippen molar-refractivity contribution in [3.05, 3.63) is 21.5 Å². The number of carbonyl (C=O) groups is 1. The van der Waals surface area contributed by atoms with Crippen LogP contribution in [0.25, 0.3) is 0 Å². The largest absolute Gasteiger partial charge is 0.396 e. The molecule has 1 amide bonds. The number of rotatable bonds is 9. The first kappa shape index (κ1) is 17.1. The maximum Gasteiger partial charge on any atom is 0.312 e. The van der Waals surface area contributed by atoms with E-state index in [0.29, 0.717) is 17.9 Å². The molecule has 0 radical (unpaired) electrons. The van der Waals surface area contributed by atoms with Gasteiger partial charge < -0.3 is 10.4 Å². The summed E-state index contributed by atoms with van der Waals surface area (Å²) in [4.78, 5) is 22.2. The molecule has 2 N–H and O–H groups in total. The fraction of sp³-hybridized carbons (Fsp3) is 0.692. The van der Waals surface area contributed by atoms with E-state index in [4.69, 9.17) is 5.11 Å². The van der Waals surface area contributed by atoms with E-state index in [2.05, 4.69) is 10.4 Å². The van der Waals surface area contributed by atoms with Crippen LogP contribution in [0, 0.1) is 24.0 Å². The Kier molecular flexibility index (Phi) is 6.80. The number of nitrogens with zero attached hydrogens (tertiary/aromatic N) is 3. The topological polar surface area (TPSA) is 110 Å². The standard InChI is InChI=1S/C13H22N4O4/c1-10-13(17(20)21)11(2)16(15-10)9-12(19)14-7-5-3-4-6-8-18/h18H,3-9H2,1-2H3,(H,14,19). The quantitative estimate of drug-likeness (QED) is 0.402. The second-order valence-corrected chi connectivity index (χ2v) is 4.92. The Morgan fingerprint density at radius 3 is 2.57 bits per heavy atom. The zero-order chi connectivity index (χ0) is 15.8. The molecule has 0 aliphatic rings. The lowest BCUT2D eigenvalue weighted by molar-refractivity contribution is -0.386. The summed E-state index contributed by atoms with van der Waals surface area (Å²) in [6.45, 7) is 3.88. The predicted molar refractivity (Wildman–Crippen MR) is 76.9 cm³/mol. The minimum atomic E-state index is -0.479. The van der Waals surface area contributed by atoms with Crippen molar-refractivity contribution < 1.29 is 14.8 Å². The summed E-state index contributed by atoms with van der Waals surface area (Å²) >= 11 is 0. The number of nitrogens with one attached hydrogen (secondary N) is 1. The lowest BCUT2D eigenvalue weighted by Crippen LogP contribution is -2.29. The average molecular weight is 298 g/mol. The number of amides is 1. The van der Waals surface area contributed by atoms with Crippen molar-refractivity contribution in [2.24, 2.45) is 0 Å². The van der Waals surface area contributed by atoms with Gasteiger partial charge in [0.15, 0.2) is 0 Å². The molecule has 0 fully saturated rings. The first-order valence-electron chi connectivity index (χ1n) is 7.03. The molecule has 0 bridgehead atoms. The molecule has 1 rings (SSSR count). The highest BCUT2D eigenvalue weighted by atomic mass is 16.6. The minimum absolute atomic E-state index is 0.0167. The number of nitro groups is 1. The van der Waals surface area contributed by atoms with E-state index < -0.39 is 4.92 Å². The molecule has 0 unspecified atom stereocenters. The fourth-order valence-electron chi connectivity index (χ4n) is 2.12. The number of aromatic nitrogens is 2. The number of hydrogen-bond acceptors (Lipinski definition) is 5. The monoisotopic (exact) mass is 298 g/mol. The van der Waals surface area contributed by atoms with Gasteiger partial charge in [-0.3, -0.25) is 19.6 Å². The lowest BCUT2D eigenvalue weighted by Gasteiger charge is -2.06. The van der Waals surface area contributed by atoms with Crippen LogP contribution < -0.4 is 5.32 Å². The SMILES string of the molecule is Cc1nn(CC(=O)NCCCCCCO)c(C)c1[N+](=O)[O-]. The van der Waals surface area contributed by atoms with Crippen molar-refractivity contribution in [1.82, 2.24) is 15.1 Å².